The van der Waals surface area contributed by atoms with Crippen molar-refractivity contribution in [3.8, 4) is 0 Å². The Morgan fingerprint density at radius 3 is 2.00 bits per heavy atom. The van der Waals surface area contributed by atoms with Gasteiger partial charge in [0.2, 0.25) is 0 Å². The maximum atomic E-state index is 8.33. The van der Waals surface area contributed by atoms with Crippen LogP contribution in [-0.4, -0.2) is 59.4 Å². The van der Waals surface area contributed by atoms with Crippen LogP contribution in [0.3, 0.4) is 0 Å². The number of hydrogen-bond donors (Lipinski definition) is 4. The van der Waals surface area contributed by atoms with Gasteiger partial charge in [-0.15, -0.1) is 0 Å². The molecule has 4 N–H and O–H groups in total. The van der Waals surface area contributed by atoms with E-state index in [1.165, 1.54) is 0 Å². The van der Waals surface area contributed by atoms with Crippen LogP contribution >= 0.6 is 0 Å². The molecule has 0 saturated heterocycles. The molecule has 0 fully saturated rings. The number of rotatable bonds is 7. The van der Waals surface area contributed by atoms with Crippen molar-refractivity contribution in [2.75, 3.05) is 33.0 Å². The van der Waals surface area contributed by atoms with Gasteiger partial charge in [0.25, 0.3) is 5.97 Å². The van der Waals surface area contributed by atoms with Gasteiger partial charge in [-0.25, -0.2) is 0 Å². The third-order valence-electron chi connectivity index (χ3n) is 0.903. The molecule has 12 heavy (non-hydrogen) atoms. The smallest absolute Gasteiger partial charge is 0.300 e. The number of aliphatic hydroxyl groups is 4. The SMILES string of the molecule is OCCOCCOCC(O)(O)O. The highest BCUT2D eigenvalue weighted by Gasteiger charge is 2.17. The van der Waals surface area contributed by atoms with Crippen molar-refractivity contribution in [2.24, 2.45) is 0 Å². The average Bonchev–Trinajstić information content (AvgIpc) is 1.94. The van der Waals surface area contributed by atoms with E-state index in [1.54, 1.807) is 0 Å². The zero-order valence-electron chi connectivity index (χ0n) is 6.64. The maximum Gasteiger partial charge on any atom is 0.300 e. The van der Waals surface area contributed by atoms with Gasteiger partial charge in [0.05, 0.1) is 26.4 Å². The summed E-state index contributed by atoms with van der Waals surface area (Å²) in [6.07, 6.45) is 0. The Morgan fingerprint density at radius 2 is 1.50 bits per heavy atom. The zero-order chi connectivity index (χ0) is 9.45. The summed E-state index contributed by atoms with van der Waals surface area (Å²) in [5, 5.41) is 33.2. The summed E-state index contributed by atoms with van der Waals surface area (Å²) in [7, 11) is 0. The predicted octanol–water partition coefficient (Wildman–Crippen LogP) is -2.36. The van der Waals surface area contributed by atoms with Crippen molar-refractivity contribution in [3.63, 3.8) is 0 Å². The number of hydrogen-bond acceptors (Lipinski definition) is 6. The van der Waals surface area contributed by atoms with E-state index in [1.807, 2.05) is 0 Å². The molecule has 6 heteroatoms. The summed E-state index contributed by atoms with van der Waals surface area (Å²) in [4.78, 5) is 0. The van der Waals surface area contributed by atoms with Crippen molar-refractivity contribution in [2.45, 2.75) is 5.97 Å². The van der Waals surface area contributed by atoms with E-state index in [4.69, 9.17) is 25.2 Å². The third-order valence-corrected chi connectivity index (χ3v) is 0.903. The fourth-order valence-corrected chi connectivity index (χ4v) is 0.494. The second kappa shape index (κ2) is 6.30. The van der Waals surface area contributed by atoms with Gasteiger partial charge in [0.1, 0.15) is 6.61 Å². The minimum atomic E-state index is -2.78. The Morgan fingerprint density at radius 1 is 0.917 bits per heavy atom. The fraction of sp³-hybridized carbons (Fsp3) is 1.00. The van der Waals surface area contributed by atoms with E-state index in [-0.39, 0.29) is 26.4 Å². The van der Waals surface area contributed by atoms with E-state index in [2.05, 4.69) is 4.74 Å². The normalized spacial score (nSPS) is 12.0. The van der Waals surface area contributed by atoms with E-state index < -0.39 is 12.6 Å². The largest absolute Gasteiger partial charge is 0.394 e. The molecule has 0 aromatic rings. The van der Waals surface area contributed by atoms with Crippen LogP contribution in [0.4, 0.5) is 0 Å². The molecule has 0 saturated carbocycles. The second-order valence-corrected chi connectivity index (χ2v) is 2.16. The van der Waals surface area contributed by atoms with E-state index in [9.17, 15) is 0 Å². The lowest BCUT2D eigenvalue weighted by atomic mass is 10.6. The van der Waals surface area contributed by atoms with Crippen LogP contribution in [0.15, 0.2) is 0 Å². The number of ether oxygens (including phenoxy) is 2. The Labute approximate surface area is 70.0 Å². The molecule has 0 aliphatic carbocycles. The molecule has 74 valence electrons. The predicted molar refractivity (Wildman–Crippen MR) is 38.1 cm³/mol. The molecule has 0 aliphatic rings. The Kier molecular flexibility index (Phi) is 6.17. The van der Waals surface area contributed by atoms with Crippen molar-refractivity contribution in [1.82, 2.24) is 0 Å². The first-order valence-electron chi connectivity index (χ1n) is 3.50. The van der Waals surface area contributed by atoms with Gasteiger partial charge in [-0.1, -0.05) is 0 Å². The van der Waals surface area contributed by atoms with Crippen molar-refractivity contribution in [1.29, 1.82) is 0 Å². The molecule has 0 atom stereocenters. The summed E-state index contributed by atoms with van der Waals surface area (Å²) >= 11 is 0. The van der Waals surface area contributed by atoms with Gasteiger partial charge in [0, 0.05) is 0 Å². The standard InChI is InChI=1S/C6H14O6/c7-1-2-11-3-4-12-5-6(8,9)10/h7-10H,1-5H2. The lowest BCUT2D eigenvalue weighted by Crippen LogP contribution is -2.33. The molecule has 6 nitrogen and oxygen atoms in total. The van der Waals surface area contributed by atoms with Crippen LogP contribution in [0.5, 0.6) is 0 Å². The van der Waals surface area contributed by atoms with Crippen molar-refractivity contribution >= 4 is 0 Å². The van der Waals surface area contributed by atoms with E-state index >= 15 is 0 Å². The lowest BCUT2D eigenvalue weighted by Gasteiger charge is -2.13. The zero-order valence-corrected chi connectivity index (χ0v) is 6.64. The van der Waals surface area contributed by atoms with Crippen molar-refractivity contribution in [3.05, 3.63) is 0 Å². The molecule has 0 radical (unpaired) electrons. The molecule has 0 heterocycles. The first-order chi connectivity index (χ1) is 5.56. The highest BCUT2D eigenvalue weighted by atomic mass is 16.7. The van der Waals surface area contributed by atoms with Crippen LogP contribution in [0.1, 0.15) is 0 Å². The fourth-order valence-electron chi connectivity index (χ4n) is 0.494. The first-order valence-corrected chi connectivity index (χ1v) is 3.50. The molecule has 0 rings (SSSR count). The Hall–Kier alpha value is -0.240. The van der Waals surface area contributed by atoms with Crippen molar-refractivity contribution < 1.29 is 29.9 Å². The molecule has 0 bridgehead atoms. The van der Waals surface area contributed by atoms with Gasteiger partial charge >= 0.3 is 0 Å². The summed E-state index contributed by atoms with van der Waals surface area (Å²) in [6, 6.07) is 0. The molecule has 0 spiro atoms. The van der Waals surface area contributed by atoms with Gasteiger partial charge in [-0.3, -0.25) is 0 Å². The minimum Gasteiger partial charge on any atom is -0.394 e. The lowest BCUT2D eigenvalue weighted by molar-refractivity contribution is -0.332. The van der Waals surface area contributed by atoms with Gasteiger partial charge in [-0.2, -0.15) is 0 Å². The molecular formula is C6H14O6. The van der Waals surface area contributed by atoms with Gasteiger partial charge in [-0.05, 0) is 0 Å². The second-order valence-electron chi connectivity index (χ2n) is 2.16. The maximum absolute atomic E-state index is 8.33. The van der Waals surface area contributed by atoms with Gasteiger partial charge in [0.15, 0.2) is 0 Å². The molecule has 0 amide bonds. The van der Waals surface area contributed by atoms with Crippen LogP contribution in [0, 0.1) is 0 Å². The quantitative estimate of drug-likeness (QED) is 0.260. The van der Waals surface area contributed by atoms with Crippen LogP contribution in [0.2, 0.25) is 0 Å². The number of aliphatic hydroxyl groups excluding tert-OH is 1. The first kappa shape index (κ1) is 11.8. The van der Waals surface area contributed by atoms with Gasteiger partial charge < -0.3 is 29.9 Å². The van der Waals surface area contributed by atoms with E-state index in [0.29, 0.717) is 0 Å². The summed E-state index contributed by atoms with van der Waals surface area (Å²) in [6.45, 7) is -0.0780. The average molecular weight is 182 g/mol. The minimum absolute atomic E-state index is 0.0655. The highest BCUT2D eigenvalue weighted by molar-refractivity contribution is 4.42. The topological polar surface area (TPSA) is 99.4 Å². The highest BCUT2D eigenvalue weighted by Crippen LogP contribution is 1.92. The molecule has 0 unspecified atom stereocenters. The summed E-state index contributed by atoms with van der Waals surface area (Å²) in [5.41, 5.74) is 0. The van der Waals surface area contributed by atoms with Crippen LogP contribution < -0.4 is 0 Å². The third kappa shape index (κ3) is 9.76. The molecule has 0 aromatic carbocycles. The Bertz CT molecular complexity index is 98.7. The molecule has 0 aliphatic heterocycles. The van der Waals surface area contributed by atoms with E-state index in [0.717, 1.165) is 0 Å². The van der Waals surface area contributed by atoms with Crippen LogP contribution in [0.25, 0.3) is 0 Å². The molecular weight excluding hydrogens is 168 g/mol. The Balaban J connectivity index is 3.01. The summed E-state index contributed by atoms with van der Waals surface area (Å²) < 4.78 is 9.37. The summed E-state index contributed by atoms with van der Waals surface area (Å²) in [5.74, 6) is -2.78. The monoisotopic (exact) mass is 182 g/mol. The van der Waals surface area contributed by atoms with Crippen LogP contribution in [-0.2, 0) is 9.47 Å². The molecule has 0 aromatic heterocycles.